The molecule has 0 radical (unpaired) electrons. The highest BCUT2D eigenvalue weighted by atomic mass is 16.4. The van der Waals surface area contributed by atoms with E-state index in [1.54, 1.807) is 0 Å². The van der Waals surface area contributed by atoms with E-state index in [0.717, 1.165) is 29.7 Å². The van der Waals surface area contributed by atoms with Crippen LogP contribution >= 0.6 is 0 Å². The van der Waals surface area contributed by atoms with Gasteiger partial charge in [0.1, 0.15) is 11.7 Å². The molecule has 1 atom stereocenters. The van der Waals surface area contributed by atoms with Gasteiger partial charge in [0, 0.05) is 6.04 Å². The number of para-hydroxylation sites is 2. The van der Waals surface area contributed by atoms with E-state index in [4.69, 9.17) is 10.9 Å². The zero-order valence-corrected chi connectivity index (χ0v) is 11.4. The summed E-state index contributed by atoms with van der Waals surface area (Å²) >= 11 is 0. The fraction of sp³-hybridized carbons (Fsp3) is 0.429. The Kier molecular flexibility index (Phi) is 4.04. The topological polar surface area (TPSA) is 76.4 Å². The van der Waals surface area contributed by atoms with Crippen molar-refractivity contribution >= 4 is 16.9 Å². The molecule has 0 bridgehead atoms. The molecule has 0 fully saturated rings. The van der Waals surface area contributed by atoms with E-state index < -0.39 is 0 Å². The summed E-state index contributed by atoms with van der Waals surface area (Å²) in [5.74, 6) is 1.03. The summed E-state index contributed by atoms with van der Waals surface area (Å²) in [7, 11) is 0. The maximum atomic E-state index is 8.73. The van der Waals surface area contributed by atoms with Crippen LogP contribution in [0, 0.1) is 0 Å². The number of aromatic nitrogens is 2. The van der Waals surface area contributed by atoms with Crippen LogP contribution in [-0.2, 0) is 6.42 Å². The largest absolute Gasteiger partial charge is 0.409 e. The smallest absolute Gasteiger partial charge is 0.146 e. The molecule has 19 heavy (non-hydrogen) atoms. The normalized spacial score (nSPS) is 13.9. The lowest BCUT2D eigenvalue weighted by molar-refractivity contribution is 0.317. The number of hydrogen-bond acceptors (Lipinski definition) is 3. The summed E-state index contributed by atoms with van der Waals surface area (Å²) < 4.78 is 2.19. The van der Waals surface area contributed by atoms with Crippen molar-refractivity contribution in [1.82, 2.24) is 9.55 Å². The zero-order chi connectivity index (χ0) is 13.8. The molecule has 0 saturated heterocycles. The minimum Gasteiger partial charge on any atom is -0.409 e. The van der Waals surface area contributed by atoms with Gasteiger partial charge >= 0.3 is 0 Å². The molecule has 3 N–H and O–H groups in total. The van der Waals surface area contributed by atoms with Gasteiger partial charge in [-0.3, -0.25) is 0 Å². The molecule has 102 valence electrons. The summed E-state index contributed by atoms with van der Waals surface area (Å²) in [6, 6.07) is 8.37. The van der Waals surface area contributed by atoms with Crippen molar-refractivity contribution in [3.63, 3.8) is 0 Å². The number of nitrogens with two attached hydrogens (primary N) is 1. The van der Waals surface area contributed by atoms with Crippen molar-refractivity contribution in [3.8, 4) is 0 Å². The highest BCUT2D eigenvalue weighted by Crippen LogP contribution is 2.24. The lowest BCUT2D eigenvalue weighted by Gasteiger charge is -2.16. The highest BCUT2D eigenvalue weighted by molar-refractivity contribution is 5.83. The van der Waals surface area contributed by atoms with E-state index in [2.05, 4.69) is 34.6 Å². The lowest BCUT2D eigenvalue weighted by Crippen LogP contribution is -2.19. The highest BCUT2D eigenvalue weighted by Gasteiger charge is 2.16. The van der Waals surface area contributed by atoms with Crippen LogP contribution in [0.2, 0.25) is 0 Å². The molecule has 0 aliphatic rings. The Morgan fingerprint density at radius 3 is 2.89 bits per heavy atom. The van der Waals surface area contributed by atoms with Crippen molar-refractivity contribution < 1.29 is 5.21 Å². The van der Waals surface area contributed by atoms with Gasteiger partial charge in [0.05, 0.1) is 17.5 Å². The maximum absolute atomic E-state index is 8.73. The van der Waals surface area contributed by atoms with E-state index in [1.807, 2.05) is 18.2 Å². The molecule has 1 aromatic heterocycles. The van der Waals surface area contributed by atoms with E-state index in [9.17, 15) is 0 Å². The van der Waals surface area contributed by atoms with Gasteiger partial charge in [-0.2, -0.15) is 0 Å². The second kappa shape index (κ2) is 5.73. The van der Waals surface area contributed by atoms with Gasteiger partial charge in [-0.05, 0) is 25.5 Å². The molecule has 1 aromatic carbocycles. The first-order valence-corrected chi connectivity index (χ1v) is 6.59. The molecule has 1 unspecified atom stereocenters. The average Bonchev–Trinajstić information content (AvgIpc) is 2.76. The van der Waals surface area contributed by atoms with Crippen LogP contribution in [0.5, 0.6) is 0 Å². The quantitative estimate of drug-likeness (QED) is 0.375. The van der Waals surface area contributed by atoms with Gasteiger partial charge in [-0.25, -0.2) is 4.98 Å². The number of benzene rings is 1. The van der Waals surface area contributed by atoms with Crippen molar-refractivity contribution in [2.45, 2.75) is 39.2 Å². The summed E-state index contributed by atoms with van der Waals surface area (Å²) in [6.45, 7) is 4.34. The van der Waals surface area contributed by atoms with Crippen LogP contribution in [-0.4, -0.2) is 20.6 Å². The third kappa shape index (κ3) is 2.70. The number of amidine groups is 1. The SMILES string of the molecule is CCCC(C)n1c(C/C(N)=N/O)nc2ccccc21. The van der Waals surface area contributed by atoms with Crippen LogP contribution < -0.4 is 5.73 Å². The Bertz CT molecular complexity index is 588. The number of hydrogen-bond donors (Lipinski definition) is 2. The Hall–Kier alpha value is -2.04. The van der Waals surface area contributed by atoms with Gasteiger partial charge < -0.3 is 15.5 Å². The van der Waals surface area contributed by atoms with Crippen molar-refractivity contribution in [2.24, 2.45) is 10.9 Å². The van der Waals surface area contributed by atoms with Gasteiger partial charge in [0.2, 0.25) is 0 Å². The molecule has 5 heteroatoms. The molecule has 0 aliphatic heterocycles. The van der Waals surface area contributed by atoms with Crippen LogP contribution in [0.15, 0.2) is 29.4 Å². The van der Waals surface area contributed by atoms with Crippen LogP contribution in [0.1, 0.15) is 38.6 Å². The van der Waals surface area contributed by atoms with E-state index >= 15 is 0 Å². The van der Waals surface area contributed by atoms with E-state index in [1.165, 1.54) is 0 Å². The second-order valence-electron chi connectivity index (χ2n) is 4.79. The Labute approximate surface area is 112 Å². The lowest BCUT2D eigenvalue weighted by atomic mass is 10.2. The van der Waals surface area contributed by atoms with Crippen molar-refractivity contribution in [3.05, 3.63) is 30.1 Å². The van der Waals surface area contributed by atoms with Crippen LogP contribution in [0.25, 0.3) is 11.0 Å². The predicted octanol–water partition coefficient (Wildman–Crippen LogP) is 2.69. The summed E-state index contributed by atoms with van der Waals surface area (Å²) in [5, 5.41) is 11.8. The number of imidazole rings is 1. The average molecular weight is 260 g/mol. The van der Waals surface area contributed by atoms with E-state index in [-0.39, 0.29) is 5.84 Å². The van der Waals surface area contributed by atoms with Gasteiger partial charge in [-0.1, -0.05) is 30.6 Å². The molecule has 0 saturated carbocycles. The first kappa shape index (κ1) is 13.4. The maximum Gasteiger partial charge on any atom is 0.146 e. The Balaban J connectivity index is 2.51. The second-order valence-corrected chi connectivity index (χ2v) is 4.79. The molecule has 2 aromatic rings. The minimum absolute atomic E-state index is 0.181. The first-order valence-electron chi connectivity index (χ1n) is 6.59. The van der Waals surface area contributed by atoms with Crippen LogP contribution in [0.4, 0.5) is 0 Å². The zero-order valence-electron chi connectivity index (χ0n) is 11.4. The monoisotopic (exact) mass is 260 g/mol. The third-order valence-electron chi connectivity index (χ3n) is 3.28. The van der Waals surface area contributed by atoms with Gasteiger partial charge in [-0.15, -0.1) is 0 Å². The molecular formula is C14H20N4O. The molecule has 0 amide bonds. The summed E-state index contributed by atoms with van der Waals surface area (Å²) in [6.07, 6.45) is 2.54. The number of oxime groups is 1. The van der Waals surface area contributed by atoms with E-state index in [0.29, 0.717) is 12.5 Å². The van der Waals surface area contributed by atoms with Crippen molar-refractivity contribution in [1.29, 1.82) is 0 Å². The summed E-state index contributed by atoms with van der Waals surface area (Å²) in [4.78, 5) is 4.59. The van der Waals surface area contributed by atoms with Crippen LogP contribution in [0.3, 0.4) is 0 Å². The number of fused-ring (bicyclic) bond motifs is 1. The van der Waals surface area contributed by atoms with Gasteiger partial charge in [0.15, 0.2) is 0 Å². The number of nitrogens with zero attached hydrogens (tertiary/aromatic N) is 3. The molecule has 5 nitrogen and oxygen atoms in total. The number of rotatable bonds is 5. The standard InChI is InChI=1S/C14H20N4O/c1-3-6-10(2)18-12-8-5-4-7-11(12)16-14(18)9-13(15)17-19/h4-5,7-8,10,19H,3,6,9H2,1-2H3,(H2,15,17). The fourth-order valence-electron chi connectivity index (χ4n) is 2.46. The molecular weight excluding hydrogens is 240 g/mol. The Morgan fingerprint density at radius 1 is 1.47 bits per heavy atom. The molecule has 1 heterocycles. The minimum atomic E-state index is 0.181. The predicted molar refractivity (Wildman–Crippen MR) is 76.5 cm³/mol. The van der Waals surface area contributed by atoms with Crippen molar-refractivity contribution in [2.75, 3.05) is 0 Å². The first-order chi connectivity index (χ1) is 9.17. The van der Waals surface area contributed by atoms with Gasteiger partial charge in [0.25, 0.3) is 0 Å². The molecule has 0 aliphatic carbocycles. The summed E-state index contributed by atoms with van der Waals surface area (Å²) in [5.41, 5.74) is 7.67. The third-order valence-corrected chi connectivity index (χ3v) is 3.28. The fourth-order valence-corrected chi connectivity index (χ4v) is 2.46. The Morgan fingerprint density at radius 2 is 2.21 bits per heavy atom. The molecule has 2 rings (SSSR count). The molecule has 0 spiro atoms.